The fourth-order valence-electron chi connectivity index (χ4n) is 1.69. The summed E-state index contributed by atoms with van der Waals surface area (Å²) in [6.45, 7) is 5.01. The van der Waals surface area contributed by atoms with E-state index in [4.69, 9.17) is 9.47 Å². The molecule has 0 aliphatic carbocycles. The lowest BCUT2D eigenvalue weighted by atomic mass is 10.1. The van der Waals surface area contributed by atoms with Crippen LogP contribution in [-0.4, -0.2) is 37.2 Å². The van der Waals surface area contributed by atoms with Gasteiger partial charge in [-0.05, 0) is 31.0 Å². The molecule has 23 heavy (non-hydrogen) atoms. The SMILES string of the molecule is CCCOc1ccc(/C(O)=C/C(=O)C(=O)OC)cc1OCCC. The van der Waals surface area contributed by atoms with Crippen molar-refractivity contribution in [1.82, 2.24) is 0 Å². The number of ether oxygens (including phenoxy) is 3. The molecule has 0 aliphatic rings. The number of carbonyl (C=O) groups excluding carboxylic acids is 2. The van der Waals surface area contributed by atoms with Crippen molar-refractivity contribution in [2.24, 2.45) is 0 Å². The molecule has 0 unspecified atom stereocenters. The highest BCUT2D eigenvalue weighted by molar-refractivity contribution is 6.39. The molecule has 0 heterocycles. The third-order valence-electron chi connectivity index (χ3n) is 2.82. The predicted molar refractivity (Wildman–Crippen MR) is 85.6 cm³/mol. The first-order chi connectivity index (χ1) is 11.0. The van der Waals surface area contributed by atoms with Crippen molar-refractivity contribution in [1.29, 1.82) is 0 Å². The van der Waals surface area contributed by atoms with Crippen LogP contribution in [-0.2, 0) is 14.3 Å². The first kappa shape index (κ1) is 18.5. The van der Waals surface area contributed by atoms with Crippen LogP contribution in [0.5, 0.6) is 11.5 Å². The smallest absolute Gasteiger partial charge is 0.378 e. The van der Waals surface area contributed by atoms with Crippen LogP contribution in [0.2, 0.25) is 0 Å². The average Bonchev–Trinajstić information content (AvgIpc) is 2.57. The van der Waals surface area contributed by atoms with Gasteiger partial charge in [0.05, 0.1) is 20.3 Å². The van der Waals surface area contributed by atoms with E-state index in [1.165, 1.54) is 0 Å². The summed E-state index contributed by atoms with van der Waals surface area (Å²) in [6.07, 6.45) is 2.49. The van der Waals surface area contributed by atoms with Gasteiger partial charge >= 0.3 is 5.97 Å². The van der Waals surface area contributed by atoms with Gasteiger partial charge in [0, 0.05) is 11.6 Å². The van der Waals surface area contributed by atoms with E-state index in [0.717, 1.165) is 26.0 Å². The molecule has 1 aromatic carbocycles. The van der Waals surface area contributed by atoms with E-state index in [1.54, 1.807) is 18.2 Å². The van der Waals surface area contributed by atoms with Gasteiger partial charge in [-0.25, -0.2) is 4.79 Å². The Morgan fingerprint density at radius 3 is 2.26 bits per heavy atom. The molecule has 0 amide bonds. The largest absolute Gasteiger partial charge is 0.507 e. The van der Waals surface area contributed by atoms with Crippen LogP contribution in [0, 0.1) is 0 Å². The normalized spacial score (nSPS) is 11.0. The van der Waals surface area contributed by atoms with E-state index in [-0.39, 0.29) is 5.76 Å². The highest BCUT2D eigenvalue weighted by Crippen LogP contribution is 2.30. The fraction of sp³-hybridized carbons (Fsp3) is 0.412. The average molecular weight is 322 g/mol. The summed E-state index contributed by atoms with van der Waals surface area (Å²) in [4.78, 5) is 22.5. The molecule has 0 atom stereocenters. The molecule has 1 N–H and O–H groups in total. The maximum absolute atomic E-state index is 11.5. The Morgan fingerprint density at radius 1 is 1.09 bits per heavy atom. The van der Waals surface area contributed by atoms with Crippen LogP contribution in [0.25, 0.3) is 5.76 Å². The van der Waals surface area contributed by atoms with Crippen LogP contribution in [0.4, 0.5) is 0 Å². The summed E-state index contributed by atoms with van der Waals surface area (Å²) in [6, 6.07) is 4.81. The van der Waals surface area contributed by atoms with Crippen molar-refractivity contribution < 1.29 is 28.9 Å². The zero-order chi connectivity index (χ0) is 17.2. The number of methoxy groups -OCH3 is 1. The number of hydrogen-bond acceptors (Lipinski definition) is 6. The zero-order valence-corrected chi connectivity index (χ0v) is 13.6. The molecule has 6 nitrogen and oxygen atoms in total. The van der Waals surface area contributed by atoms with Crippen molar-refractivity contribution in [2.75, 3.05) is 20.3 Å². The van der Waals surface area contributed by atoms with Crippen molar-refractivity contribution in [3.63, 3.8) is 0 Å². The van der Waals surface area contributed by atoms with Gasteiger partial charge in [-0.3, -0.25) is 4.79 Å². The van der Waals surface area contributed by atoms with Gasteiger partial charge < -0.3 is 19.3 Å². The van der Waals surface area contributed by atoms with Crippen LogP contribution in [0.3, 0.4) is 0 Å². The molecule has 0 radical (unpaired) electrons. The second kappa shape index (κ2) is 9.50. The van der Waals surface area contributed by atoms with Gasteiger partial charge in [-0.1, -0.05) is 13.8 Å². The molecule has 126 valence electrons. The second-order valence-electron chi connectivity index (χ2n) is 4.74. The van der Waals surface area contributed by atoms with Gasteiger partial charge in [-0.15, -0.1) is 0 Å². The van der Waals surface area contributed by atoms with Gasteiger partial charge in [0.1, 0.15) is 5.76 Å². The Hall–Kier alpha value is -2.50. The highest BCUT2D eigenvalue weighted by atomic mass is 16.5. The molecule has 0 saturated heterocycles. The van der Waals surface area contributed by atoms with Crippen molar-refractivity contribution in [2.45, 2.75) is 26.7 Å². The first-order valence-electron chi connectivity index (χ1n) is 7.46. The summed E-state index contributed by atoms with van der Waals surface area (Å²) >= 11 is 0. The van der Waals surface area contributed by atoms with E-state index < -0.39 is 11.8 Å². The Kier molecular flexibility index (Phi) is 7.66. The summed E-state index contributed by atoms with van der Waals surface area (Å²) < 4.78 is 15.5. The van der Waals surface area contributed by atoms with E-state index >= 15 is 0 Å². The summed E-state index contributed by atoms with van der Waals surface area (Å²) in [7, 11) is 1.10. The van der Waals surface area contributed by atoms with Crippen LogP contribution >= 0.6 is 0 Å². The van der Waals surface area contributed by atoms with E-state index in [9.17, 15) is 14.7 Å². The zero-order valence-electron chi connectivity index (χ0n) is 13.6. The molecule has 0 aliphatic heterocycles. The summed E-state index contributed by atoms with van der Waals surface area (Å²) in [5.74, 6) is -1.28. The Labute approximate surface area is 135 Å². The van der Waals surface area contributed by atoms with Crippen molar-refractivity contribution >= 4 is 17.5 Å². The molecular weight excluding hydrogens is 300 g/mol. The van der Waals surface area contributed by atoms with E-state index in [2.05, 4.69) is 4.74 Å². The van der Waals surface area contributed by atoms with Crippen LogP contribution in [0.1, 0.15) is 32.3 Å². The van der Waals surface area contributed by atoms with Crippen LogP contribution < -0.4 is 9.47 Å². The van der Waals surface area contributed by atoms with E-state index in [1.807, 2.05) is 13.8 Å². The maximum atomic E-state index is 11.5. The van der Waals surface area contributed by atoms with Crippen LogP contribution in [0.15, 0.2) is 24.3 Å². The van der Waals surface area contributed by atoms with Crippen molar-refractivity contribution in [3.8, 4) is 11.5 Å². The molecule has 1 rings (SSSR count). The number of carbonyl (C=O) groups is 2. The molecule has 0 aromatic heterocycles. The van der Waals surface area contributed by atoms with Gasteiger partial charge in [0.15, 0.2) is 11.5 Å². The lowest BCUT2D eigenvalue weighted by Gasteiger charge is -2.13. The van der Waals surface area contributed by atoms with Gasteiger partial charge in [-0.2, -0.15) is 0 Å². The van der Waals surface area contributed by atoms with Gasteiger partial charge in [0.2, 0.25) is 0 Å². The number of aliphatic hydroxyl groups excluding tert-OH is 1. The number of ketones is 1. The molecule has 1 aromatic rings. The number of esters is 1. The standard InChI is InChI=1S/C17H22O6/c1-4-8-22-15-7-6-12(10-16(15)23-9-5-2)13(18)11-14(19)17(20)21-3/h6-7,10-11,18H,4-5,8-9H2,1-3H3/b13-11-. The summed E-state index contributed by atoms with van der Waals surface area (Å²) in [5, 5.41) is 9.99. The third kappa shape index (κ3) is 5.65. The Balaban J connectivity index is 3.04. The lowest BCUT2D eigenvalue weighted by Crippen LogP contribution is -2.13. The molecular formula is C17H22O6. The Morgan fingerprint density at radius 2 is 1.70 bits per heavy atom. The molecule has 0 spiro atoms. The molecule has 0 bridgehead atoms. The van der Waals surface area contributed by atoms with Crippen molar-refractivity contribution in [3.05, 3.63) is 29.8 Å². The third-order valence-corrected chi connectivity index (χ3v) is 2.82. The molecule has 6 heteroatoms. The first-order valence-corrected chi connectivity index (χ1v) is 7.46. The molecule has 0 saturated carbocycles. The quantitative estimate of drug-likeness (QED) is 0.326. The monoisotopic (exact) mass is 322 g/mol. The number of rotatable bonds is 9. The Bertz CT molecular complexity index is 576. The minimum atomic E-state index is -1.04. The fourth-order valence-corrected chi connectivity index (χ4v) is 1.69. The topological polar surface area (TPSA) is 82.1 Å². The minimum Gasteiger partial charge on any atom is -0.507 e. The second-order valence-corrected chi connectivity index (χ2v) is 4.74. The lowest BCUT2D eigenvalue weighted by molar-refractivity contribution is -0.149. The number of hydrogen-bond donors (Lipinski definition) is 1. The van der Waals surface area contributed by atoms with E-state index in [0.29, 0.717) is 30.3 Å². The summed E-state index contributed by atoms with van der Waals surface area (Å²) in [5.41, 5.74) is 0.345. The van der Waals surface area contributed by atoms with Gasteiger partial charge in [0.25, 0.3) is 5.78 Å². The number of benzene rings is 1. The molecule has 0 fully saturated rings. The minimum absolute atomic E-state index is 0.344. The number of aliphatic hydroxyl groups is 1. The predicted octanol–water partition coefficient (Wildman–Crippen LogP) is 2.91. The maximum Gasteiger partial charge on any atom is 0.378 e. The highest BCUT2D eigenvalue weighted by Gasteiger charge is 2.14.